The Morgan fingerprint density at radius 2 is 1.17 bits per heavy atom. The van der Waals surface area contributed by atoms with E-state index in [-0.39, 0.29) is 0 Å². The van der Waals surface area contributed by atoms with Crippen molar-refractivity contribution >= 4 is 22.4 Å². The predicted octanol–water partition coefficient (Wildman–Crippen LogP) is 6.43. The van der Waals surface area contributed by atoms with Crippen LogP contribution in [0.25, 0.3) is 22.4 Å². The third-order valence-corrected chi connectivity index (χ3v) is 4.28. The van der Waals surface area contributed by atoms with Crippen LogP contribution in [0.15, 0.2) is 103 Å². The van der Waals surface area contributed by atoms with Gasteiger partial charge in [0.25, 0.3) is 0 Å². The first-order valence-corrected chi connectivity index (χ1v) is 8.22. The highest BCUT2D eigenvalue weighted by Crippen LogP contribution is 2.31. The minimum Gasteiger partial charge on any atom is -0.0622 e. The Bertz CT molecular complexity index is 975. The molecule has 0 spiro atoms. The summed E-state index contributed by atoms with van der Waals surface area (Å²) in [6.07, 6.45) is 2.27. The topological polar surface area (TPSA) is 0 Å². The van der Waals surface area contributed by atoms with E-state index < -0.39 is 0 Å². The largest absolute Gasteiger partial charge is 0.0622 e. The predicted molar refractivity (Wildman–Crippen MR) is 104 cm³/mol. The Balaban J connectivity index is 1.98. The van der Waals surface area contributed by atoms with E-state index in [4.69, 9.17) is 0 Å². The Kier molecular flexibility index (Phi) is 3.95. The zero-order valence-corrected chi connectivity index (χ0v) is 13.4. The molecule has 0 saturated carbocycles. The summed E-state index contributed by atoms with van der Waals surface area (Å²) in [4.78, 5) is 0. The van der Waals surface area contributed by atoms with Gasteiger partial charge in [-0.15, -0.1) is 0 Å². The van der Waals surface area contributed by atoms with Gasteiger partial charge in [-0.05, 0) is 39.1 Å². The molecular formula is C24H18. The standard InChI is InChI=1S/C24H18/c1-3-10-19(11-4-1)18-24(21-12-5-2-6-13-21)23-17-9-15-20-14-7-8-16-22(20)23/h1-18H/b24-18-. The lowest BCUT2D eigenvalue weighted by atomic mass is 9.92. The number of fused-ring (bicyclic) bond motifs is 1. The van der Waals surface area contributed by atoms with Crippen LogP contribution in [0.5, 0.6) is 0 Å². The van der Waals surface area contributed by atoms with E-state index >= 15 is 0 Å². The average Bonchev–Trinajstić information content (AvgIpc) is 2.67. The maximum Gasteiger partial charge on any atom is -0.00992 e. The van der Waals surface area contributed by atoms with E-state index in [2.05, 4.69) is 109 Å². The van der Waals surface area contributed by atoms with E-state index in [9.17, 15) is 0 Å². The maximum atomic E-state index is 2.27. The fraction of sp³-hybridized carbons (Fsp3) is 0. The van der Waals surface area contributed by atoms with Gasteiger partial charge in [0.1, 0.15) is 0 Å². The van der Waals surface area contributed by atoms with Crippen LogP contribution < -0.4 is 0 Å². The van der Waals surface area contributed by atoms with Crippen LogP contribution in [0.4, 0.5) is 0 Å². The average molecular weight is 306 g/mol. The molecule has 0 unspecified atom stereocenters. The van der Waals surface area contributed by atoms with Crippen LogP contribution in [-0.4, -0.2) is 0 Å². The summed E-state index contributed by atoms with van der Waals surface area (Å²) in [5.74, 6) is 0. The van der Waals surface area contributed by atoms with Gasteiger partial charge in [0.15, 0.2) is 0 Å². The molecule has 0 radical (unpaired) electrons. The smallest absolute Gasteiger partial charge is 0.00992 e. The van der Waals surface area contributed by atoms with Crippen LogP contribution in [0.3, 0.4) is 0 Å². The van der Waals surface area contributed by atoms with Crippen LogP contribution in [0, 0.1) is 0 Å². The molecule has 0 amide bonds. The highest BCUT2D eigenvalue weighted by atomic mass is 14.1. The highest BCUT2D eigenvalue weighted by molar-refractivity contribution is 6.02. The molecule has 0 bridgehead atoms. The number of benzene rings is 4. The lowest BCUT2D eigenvalue weighted by molar-refractivity contribution is 1.58. The number of rotatable bonds is 3. The summed E-state index contributed by atoms with van der Waals surface area (Å²) in [5, 5.41) is 2.55. The maximum absolute atomic E-state index is 2.27. The van der Waals surface area contributed by atoms with Gasteiger partial charge < -0.3 is 0 Å². The zero-order chi connectivity index (χ0) is 16.2. The Morgan fingerprint density at radius 3 is 1.96 bits per heavy atom. The molecule has 0 aliphatic heterocycles. The molecule has 114 valence electrons. The summed E-state index contributed by atoms with van der Waals surface area (Å²) in [5.41, 5.74) is 4.96. The van der Waals surface area contributed by atoms with E-state index in [1.54, 1.807) is 0 Å². The van der Waals surface area contributed by atoms with Gasteiger partial charge in [-0.1, -0.05) is 103 Å². The first-order chi connectivity index (χ1) is 11.9. The Hall–Kier alpha value is -3.12. The van der Waals surface area contributed by atoms with Gasteiger partial charge in [0.05, 0.1) is 0 Å². The van der Waals surface area contributed by atoms with E-state index in [1.807, 2.05) is 0 Å². The van der Waals surface area contributed by atoms with Gasteiger partial charge in [0, 0.05) is 0 Å². The van der Waals surface area contributed by atoms with Crippen LogP contribution in [0.2, 0.25) is 0 Å². The van der Waals surface area contributed by atoms with Crippen LogP contribution >= 0.6 is 0 Å². The first-order valence-electron chi connectivity index (χ1n) is 8.22. The lowest BCUT2D eigenvalue weighted by Crippen LogP contribution is -1.90. The third kappa shape index (κ3) is 2.87. The molecule has 0 heteroatoms. The minimum atomic E-state index is 1.21. The molecule has 0 atom stereocenters. The number of hydrogen-bond donors (Lipinski definition) is 0. The molecule has 0 fully saturated rings. The van der Waals surface area contributed by atoms with Gasteiger partial charge in [-0.2, -0.15) is 0 Å². The summed E-state index contributed by atoms with van der Waals surface area (Å²) in [6.45, 7) is 0. The zero-order valence-electron chi connectivity index (χ0n) is 13.4. The molecule has 4 aromatic rings. The van der Waals surface area contributed by atoms with Gasteiger partial charge in [-0.25, -0.2) is 0 Å². The van der Waals surface area contributed by atoms with Gasteiger partial charge in [0.2, 0.25) is 0 Å². The molecule has 0 aliphatic carbocycles. The summed E-state index contributed by atoms with van der Waals surface area (Å²) in [6, 6.07) is 36.2. The molecule has 24 heavy (non-hydrogen) atoms. The quantitative estimate of drug-likeness (QED) is 0.383. The fourth-order valence-corrected chi connectivity index (χ4v) is 3.11. The van der Waals surface area contributed by atoms with Crippen LogP contribution in [0.1, 0.15) is 16.7 Å². The third-order valence-electron chi connectivity index (χ3n) is 4.28. The number of hydrogen-bond acceptors (Lipinski definition) is 0. The SMILES string of the molecule is C(=C(\c1ccccc1)c1cccc2ccccc12)/c1ccccc1. The van der Waals surface area contributed by atoms with E-state index in [0.29, 0.717) is 0 Å². The summed E-state index contributed by atoms with van der Waals surface area (Å²) >= 11 is 0. The second kappa shape index (κ2) is 6.55. The highest BCUT2D eigenvalue weighted by Gasteiger charge is 2.08. The Morgan fingerprint density at radius 1 is 0.542 bits per heavy atom. The van der Waals surface area contributed by atoms with Crippen LogP contribution in [-0.2, 0) is 0 Å². The molecule has 0 aliphatic rings. The van der Waals surface area contributed by atoms with Crippen molar-refractivity contribution in [1.29, 1.82) is 0 Å². The molecule has 0 saturated heterocycles. The van der Waals surface area contributed by atoms with Crippen molar-refractivity contribution in [1.82, 2.24) is 0 Å². The monoisotopic (exact) mass is 306 g/mol. The molecule has 0 nitrogen and oxygen atoms in total. The molecule has 0 N–H and O–H groups in total. The van der Waals surface area contributed by atoms with E-state index in [1.165, 1.54) is 33.0 Å². The molecule has 0 heterocycles. The van der Waals surface area contributed by atoms with Crippen molar-refractivity contribution in [3.8, 4) is 0 Å². The molecular weight excluding hydrogens is 288 g/mol. The second-order valence-electron chi connectivity index (χ2n) is 5.86. The normalized spacial score (nSPS) is 11.6. The summed E-state index contributed by atoms with van der Waals surface area (Å²) < 4.78 is 0. The first kappa shape index (κ1) is 14.5. The van der Waals surface area contributed by atoms with Crippen molar-refractivity contribution in [2.24, 2.45) is 0 Å². The molecule has 0 aromatic heterocycles. The summed E-state index contributed by atoms with van der Waals surface area (Å²) in [7, 11) is 0. The van der Waals surface area contributed by atoms with Crippen molar-refractivity contribution in [3.05, 3.63) is 120 Å². The molecule has 4 aromatic carbocycles. The second-order valence-corrected chi connectivity index (χ2v) is 5.86. The van der Waals surface area contributed by atoms with E-state index in [0.717, 1.165) is 0 Å². The lowest BCUT2D eigenvalue weighted by Gasteiger charge is -2.12. The Labute approximate surface area is 142 Å². The van der Waals surface area contributed by atoms with Gasteiger partial charge in [-0.3, -0.25) is 0 Å². The minimum absolute atomic E-state index is 1.21. The fourth-order valence-electron chi connectivity index (χ4n) is 3.11. The van der Waals surface area contributed by atoms with Gasteiger partial charge >= 0.3 is 0 Å². The van der Waals surface area contributed by atoms with Crippen molar-refractivity contribution < 1.29 is 0 Å². The van der Waals surface area contributed by atoms with Crippen molar-refractivity contribution in [2.75, 3.05) is 0 Å². The molecule has 4 rings (SSSR count). The van der Waals surface area contributed by atoms with Crippen molar-refractivity contribution in [3.63, 3.8) is 0 Å². The van der Waals surface area contributed by atoms with Crippen molar-refractivity contribution in [2.45, 2.75) is 0 Å².